The van der Waals surface area contributed by atoms with Gasteiger partial charge in [0, 0.05) is 17.3 Å². The van der Waals surface area contributed by atoms with Gasteiger partial charge in [-0.05, 0) is 38.6 Å². The number of nitrogens with zero attached hydrogens (tertiary/aromatic N) is 5. The number of fused-ring (bicyclic) bond motifs is 1. The van der Waals surface area contributed by atoms with Gasteiger partial charge in [0.05, 0.1) is 21.1 Å². The van der Waals surface area contributed by atoms with Crippen LogP contribution in [0.4, 0.5) is 5.13 Å². The molecular formula is C22H25N7OS3. The molecule has 0 atom stereocenters. The lowest BCUT2D eigenvalue weighted by atomic mass is 9.95. The van der Waals surface area contributed by atoms with Crippen LogP contribution in [0.15, 0.2) is 12.7 Å². The Hall–Kier alpha value is -2.76. The molecule has 8 nitrogen and oxygen atoms in total. The van der Waals surface area contributed by atoms with Gasteiger partial charge in [0.15, 0.2) is 15.7 Å². The van der Waals surface area contributed by atoms with Crippen molar-refractivity contribution in [3.05, 3.63) is 45.1 Å². The molecule has 4 aromatic rings. The first kappa shape index (κ1) is 23.4. The number of carbonyl (C=O) groups excluding carboxylic acids is 1. The number of nitrogens with one attached hydrogen (secondary N) is 2. The van der Waals surface area contributed by atoms with Crippen molar-refractivity contribution in [1.82, 2.24) is 29.7 Å². The number of aryl methyl sites for hydroxylation is 3. The third kappa shape index (κ3) is 4.28. The van der Waals surface area contributed by atoms with Crippen LogP contribution in [0.1, 0.15) is 53.2 Å². The van der Waals surface area contributed by atoms with Gasteiger partial charge in [0.25, 0.3) is 5.91 Å². The Morgan fingerprint density at radius 3 is 2.58 bits per heavy atom. The maximum atomic E-state index is 13.2. The lowest BCUT2D eigenvalue weighted by Crippen LogP contribution is -2.16. The molecule has 0 aliphatic rings. The molecule has 0 fully saturated rings. The number of anilines is 1. The molecule has 0 saturated carbocycles. The molecule has 1 amide bonds. The minimum Gasteiger partial charge on any atom is -0.297 e. The monoisotopic (exact) mass is 499 g/mol. The fourth-order valence-corrected chi connectivity index (χ4v) is 5.79. The normalized spacial score (nSPS) is 11.8. The second-order valence-corrected chi connectivity index (χ2v) is 11.1. The highest BCUT2D eigenvalue weighted by atomic mass is 32.1. The zero-order chi connectivity index (χ0) is 24.1. The molecule has 0 radical (unpaired) electrons. The van der Waals surface area contributed by atoms with Crippen LogP contribution in [0, 0.1) is 25.5 Å². The number of rotatable bonds is 5. The van der Waals surface area contributed by atoms with E-state index < -0.39 is 0 Å². The third-order valence-electron chi connectivity index (χ3n) is 5.14. The van der Waals surface area contributed by atoms with Crippen molar-refractivity contribution < 1.29 is 4.79 Å². The van der Waals surface area contributed by atoms with E-state index in [1.165, 1.54) is 22.7 Å². The van der Waals surface area contributed by atoms with E-state index in [4.69, 9.17) is 17.2 Å². The molecule has 4 rings (SSSR count). The molecule has 0 aliphatic heterocycles. The maximum Gasteiger partial charge on any atom is 0.267 e. The Kier molecular flexibility index (Phi) is 6.06. The summed E-state index contributed by atoms with van der Waals surface area (Å²) in [6.07, 6.45) is 1.76. The zero-order valence-electron chi connectivity index (χ0n) is 19.4. The highest BCUT2D eigenvalue weighted by molar-refractivity contribution is 7.71. The van der Waals surface area contributed by atoms with Crippen LogP contribution in [0.2, 0.25) is 0 Å². The average molecular weight is 500 g/mol. The third-order valence-corrected chi connectivity index (χ3v) is 7.70. The van der Waals surface area contributed by atoms with Crippen molar-refractivity contribution in [2.75, 3.05) is 5.32 Å². The average Bonchev–Trinajstić information content (AvgIpc) is 3.37. The standard InChI is InChI=1S/C22H25N7OS3/c1-8-9-29-16(27-28-21(29)31)15-12(4)24-20(33-15)25-17(30)14-10(2)13-11(3)23-19(22(5,6)7)26-18(13)32-14/h8H,1,9H2,2-7H3,(H,28,31)(H,24,25,30). The molecule has 33 heavy (non-hydrogen) atoms. The lowest BCUT2D eigenvalue weighted by Gasteiger charge is -2.16. The second-order valence-electron chi connectivity index (χ2n) is 8.76. The van der Waals surface area contributed by atoms with Gasteiger partial charge in [-0.2, -0.15) is 5.10 Å². The predicted octanol–water partition coefficient (Wildman–Crippen LogP) is 5.73. The van der Waals surface area contributed by atoms with Gasteiger partial charge in [-0.3, -0.25) is 19.8 Å². The first-order chi connectivity index (χ1) is 15.5. The zero-order valence-corrected chi connectivity index (χ0v) is 21.8. The van der Waals surface area contributed by atoms with E-state index in [2.05, 4.69) is 52.8 Å². The quantitative estimate of drug-likeness (QED) is 0.269. The molecule has 0 aliphatic carbocycles. The fourth-order valence-electron chi connectivity index (χ4n) is 3.49. The lowest BCUT2D eigenvalue weighted by molar-refractivity contribution is 0.103. The number of aromatic nitrogens is 6. The number of allylic oxidation sites excluding steroid dienone is 1. The predicted molar refractivity (Wildman–Crippen MR) is 137 cm³/mol. The number of hydrogen-bond acceptors (Lipinski definition) is 8. The highest BCUT2D eigenvalue weighted by Crippen LogP contribution is 2.35. The second kappa shape index (κ2) is 8.54. The largest absolute Gasteiger partial charge is 0.297 e. The van der Waals surface area contributed by atoms with Crippen LogP contribution in [0.25, 0.3) is 20.9 Å². The molecule has 11 heteroatoms. The number of hydrogen-bond donors (Lipinski definition) is 2. The van der Waals surface area contributed by atoms with Crippen LogP contribution in [0.5, 0.6) is 0 Å². The van der Waals surface area contributed by atoms with Crippen molar-refractivity contribution in [2.24, 2.45) is 0 Å². The van der Waals surface area contributed by atoms with Gasteiger partial charge in [-0.1, -0.05) is 38.2 Å². The van der Waals surface area contributed by atoms with Gasteiger partial charge in [-0.25, -0.2) is 15.0 Å². The summed E-state index contributed by atoms with van der Waals surface area (Å²) < 4.78 is 2.36. The molecule has 172 valence electrons. The number of aromatic amines is 1. The van der Waals surface area contributed by atoms with Crippen molar-refractivity contribution in [3.8, 4) is 10.7 Å². The van der Waals surface area contributed by atoms with E-state index in [0.717, 1.165) is 37.9 Å². The first-order valence-corrected chi connectivity index (χ1v) is 12.4. The molecule has 2 N–H and O–H groups in total. The molecular weight excluding hydrogens is 474 g/mol. The Morgan fingerprint density at radius 1 is 1.18 bits per heavy atom. The van der Waals surface area contributed by atoms with E-state index >= 15 is 0 Å². The Bertz CT molecular complexity index is 1450. The van der Waals surface area contributed by atoms with Crippen LogP contribution in [-0.4, -0.2) is 35.6 Å². The summed E-state index contributed by atoms with van der Waals surface area (Å²) in [5, 5.41) is 11.5. The number of thiophene rings is 1. The van der Waals surface area contributed by atoms with E-state index in [0.29, 0.717) is 27.1 Å². The molecule has 0 unspecified atom stereocenters. The maximum absolute atomic E-state index is 13.2. The first-order valence-electron chi connectivity index (χ1n) is 10.3. The smallest absolute Gasteiger partial charge is 0.267 e. The van der Waals surface area contributed by atoms with Gasteiger partial charge in [0.2, 0.25) is 0 Å². The van der Waals surface area contributed by atoms with E-state index in [1.54, 1.807) is 6.08 Å². The van der Waals surface area contributed by atoms with E-state index in [-0.39, 0.29) is 11.3 Å². The summed E-state index contributed by atoms with van der Waals surface area (Å²) >= 11 is 8.06. The van der Waals surface area contributed by atoms with Crippen molar-refractivity contribution in [3.63, 3.8) is 0 Å². The number of H-pyrrole nitrogens is 1. The number of amides is 1. The number of carbonyl (C=O) groups is 1. The molecule has 0 bridgehead atoms. The van der Waals surface area contributed by atoms with Crippen molar-refractivity contribution in [1.29, 1.82) is 0 Å². The van der Waals surface area contributed by atoms with Gasteiger partial charge >= 0.3 is 0 Å². The number of thiazole rings is 1. The molecule has 4 aromatic heterocycles. The fraction of sp³-hybridized carbons (Fsp3) is 0.364. The summed E-state index contributed by atoms with van der Waals surface area (Å²) in [6, 6.07) is 0. The minimum atomic E-state index is -0.211. The van der Waals surface area contributed by atoms with Gasteiger partial charge in [-0.15, -0.1) is 17.9 Å². The summed E-state index contributed by atoms with van der Waals surface area (Å²) in [5.41, 5.74) is 2.36. The van der Waals surface area contributed by atoms with Gasteiger partial charge < -0.3 is 0 Å². The van der Waals surface area contributed by atoms with Crippen molar-refractivity contribution in [2.45, 2.75) is 53.5 Å². The SMILES string of the molecule is C=CCn1c(-c2sc(NC(=O)c3sc4nc(C(C)(C)C)nc(C)c4c3C)nc2C)n[nH]c1=S. The molecule has 4 heterocycles. The van der Waals surface area contributed by atoms with Gasteiger partial charge in [0.1, 0.15) is 10.7 Å². The van der Waals surface area contributed by atoms with Crippen LogP contribution >= 0.6 is 34.9 Å². The van der Waals surface area contributed by atoms with Crippen LogP contribution in [-0.2, 0) is 12.0 Å². The Labute approximate surface area is 204 Å². The van der Waals surface area contributed by atoms with Crippen LogP contribution in [0.3, 0.4) is 0 Å². The summed E-state index contributed by atoms with van der Waals surface area (Å²) in [4.78, 5) is 29.4. The van der Waals surface area contributed by atoms with E-state index in [9.17, 15) is 4.79 Å². The van der Waals surface area contributed by atoms with Crippen molar-refractivity contribution >= 4 is 56.1 Å². The summed E-state index contributed by atoms with van der Waals surface area (Å²) in [5.74, 6) is 1.24. The topological polar surface area (TPSA) is 101 Å². The summed E-state index contributed by atoms with van der Waals surface area (Å²) in [6.45, 7) is 16.3. The Balaban J connectivity index is 1.68. The summed E-state index contributed by atoms with van der Waals surface area (Å²) in [7, 11) is 0. The van der Waals surface area contributed by atoms with E-state index in [1.807, 2.05) is 25.3 Å². The molecule has 0 saturated heterocycles. The molecule has 0 spiro atoms. The Morgan fingerprint density at radius 2 is 1.91 bits per heavy atom. The highest BCUT2D eigenvalue weighted by Gasteiger charge is 2.24. The van der Waals surface area contributed by atoms with Crippen LogP contribution < -0.4 is 5.32 Å². The molecule has 0 aromatic carbocycles. The minimum absolute atomic E-state index is 0.173.